The summed E-state index contributed by atoms with van der Waals surface area (Å²) in [6, 6.07) is 0. The Labute approximate surface area is 48.2 Å². The molecule has 0 aliphatic heterocycles. The Kier molecular flexibility index (Phi) is 264. The molecule has 0 amide bonds. The summed E-state index contributed by atoms with van der Waals surface area (Å²) in [5.41, 5.74) is 0. The number of hydrogen-bond donors (Lipinski definition) is 0. The molecule has 0 aromatic rings. The van der Waals surface area contributed by atoms with Crippen LogP contribution >= 0.6 is 0 Å². The topological polar surface area (TPSA) is 0 Å². The summed E-state index contributed by atoms with van der Waals surface area (Å²) in [6.07, 6.45) is 0. The zero-order chi connectivity index (χ0) is 2.00. The third-order valence-electron chi connectivity index (χ3n) is 0. The number of rotatable bonds is 0. The average Bonchev–Trinajstić information content (AvgIpc) is 1.00. The molecule has 0 unspecified atom stereocenters. The van der Waals surface area contributed by atoms with E-state index < -0.39 is 0 Å². The van der Waals surface area contributed by atoms with E-state index in [1.165, 1.54) is 0 Å². The predicted octanol–water partition coefficient (Wildman–Crippen LogP) is -2.20. The molecule has 0 nitrogen and oxygen atoms in total. The van der Waals surface area contributed by atoms with Gasteiger partial charge in [0.1, 0.15) is 0 Å². The van der Waals surface area contributed by atoms with Gasteiger partial charge >= 0.3 is 22.4 Å². The Balaban J connectivity index is -0.00000000500. The van der Waals surface area contributed by atoms with Gasteiger partial charge in [-0.25, -0.2) is 0 Å². The second-order valence-electron chi connectivity index (χ2n) is 0. The molecule has 0 spiro atoms. The minimum absolute atomic E-state index is 0. The van der Waals surface area contributed by atoms with Gasteiger partial charge in [0.2, 0.25) is 0 Å². The molecule has 2 heteroatoms. The summed E-state index contributed by atoms with van der Waals surface area (Å²) in [7, 11) is 0. The summed E-state index contributed by atoms with van der Waals surface area (Å²) >= 11 is 0. The first-order chi connectivity index (χ1) is 1.00. The zero-order valence-corrected chi connectivity index (χ0v) is 4.33. The Morgan fingerprint density at radius 3 is 1.00 bits per heavy atom. The Bertz CT molecular complexity index is 6.00. The van der Waals surface area contributed by atoms with Crippen LogP contribution in [0.2, 0.25) is 0 Å². The first kappa shape index (κ1) is 21.6. The van der Waals surface area contributed by atoms with Crippen molar-refractivity contribution in [2.24, 2.45) is 0 Å². The van der Waals surface area contributed by atoms with Crippen LogP contribution in [0.15, 0.2) is 13.2 Å². The van der Waals surface area contributed by atoms with Crippen molar-refractivity contribution in [1.29, 1.82) is 0 Å². The van der Waals surface area contributed by atoms with Crippen LogP contribution in [0.4, 0.5) is 0 Å². The third kappa shape index (κ3) is 14.6. The maximum absolute atomic E-state index is 3.00. The maximum Gasteiger partial charge on any atom is 1.00 e. The van der Waals surface area contributed by atoms with Crippen LogP contribution in [-0.2, 0) is 22.4 Å². The molecule has 30 valence electrons. The van der Waals surface area contributed by atoms with Crippen molar-refractivity contribution in [3.05, 3.63) is 13.2 Å². The van der Waals surface area contributed by atoms with Crippen molar-refractivity contribution >= 4 is 0 Å². The minimum Gasteiger partial charge on any atom is -1.00 e. The minimum atomic E-state index is 0. The van der Waals surface area contributed by atoms with Gasteiger partial charge in [0.15, 0.2) is 0 Å². The summed E-state index contributed by atoms with van der Waals surface area (Å²) in [4.78, 5) is 0. The standard InChI is InChI=1S/C2H4.Ag.ClH/c1-2;;/h1-2H2;;1H/q;+1;/p-1. The molecule has 0 heterocycles. The molecule has 0 rings (SSSR count). The fraction of sp³-hybridized carbons (Fsp3) is 0. The van der Waals surface area contributed by atoms with Crippen molar-refractivity contribution < 1.29 is 34.8 Å². The van der Waals surface area contributed by atoms with Crippen LogP contribution in [0.1, 0.15) is 0 Å². The van der Waals surface area contributed by atoms with Crippen LogP contribution in [0.25, 0.3) is 0 Å². The molecule has 0 saturated carbocycles. The quantitative estimate of drug-likeness (QED) is 0.287. The summed E-state index contributed by atoms with van der Waals surface area (Å²) in [6.45, 7) is 6.00. The summed E-state index contributed by atoms with van der Waals surface area (Å²) in [5.74, 6) is 0. The monoisotopic (exact) mass is 170 g/mol. The van der Waals surface area contributed by atoms with E-state index in [0.29, 0.717) is 0 Å². The van der Waals surface area contributed by atoms with Crippen LogP contribution in [-0.4, -0.2) is 0 Å². The first-order valence-corrected chi connectivity index (χ1v) is 0.500. The summed E-state index contributed by atoms with van der Waals surface area (Å²) in [5, 5.41) is 0. The Morgan fingerprint density at radius 2 is 1.00 bits per heavy atom. The van der Waals surface area contributed by atoms with E-state index in [-0.39, 0.29) is 34.8 Å². The summed E-state index contributed by atoms with van der Waals surface area (Å²) < 4.78 is 0. The smallest absolute Gasteiger partial charge is 1.00 e. The molecule has 0 atom stereocenters. The van der Waals surface area contributed by atoms with Crippen LogP contribution < -0.4 is 12.4 Å². The zero-order valence-electron chi connectivity index (χ0n) is 2.09. The third-order valence-corrected chi connectivity index (χ3v) is 0. The Hall–Kier alpha value is 0.770. The maximum atomic E-state index is 3.00. The van der Waals surface area contributed by atoms with Crippen molar-refractivity contribution in [1.82, 2.24) is 0 Å². The second kappa shape index (κ2) is 48.8. The van der Waals surface area contributed by atoms with Gasteiger partial charge in [-0.05, 0) is 0 Å². The van der Waals surface area contributed by atoms with Gasteiger partial charge < -0.3 is 12.4 Å². The van der Waals surface area contributed by atoms with Gasteiger partial charge in [0, 0.05) is 0 Å². The Morgan fingerprint density at radius 1 is 1.00 bits per heavy atom. The molecule has 0 bridgehead atoms. The van der Waals surface area contributed by atoms with Crippen LogP contribution in [0.5, 0.6) is 0 Å². The molecular formula is C2H4AgCl. The molecule has 0 aliphatic rings. The molecule has 4 heavy (non-hydrogen) atoms. The van der Waals surface area contributed by atoms with E-state index in [9.17, 15) is 0 Å². The largest absolute Gasteiger partial charge is 1.00 e. The van der Waals surface area contributed by atoms with Crippen molar-refractivity contribution in [3.8, 4) is 0 Å². The van der Waals surface area contributed by atoms with Gasteiger partial charge in [-0.15, -0.1) is 13.2 Å². The van der Waals surface area contributed by atoms with Crippen molar-refractivity contribution in [2.45, 2.75) is 0 Å². The number of hydrogen-bond acceptors (Lipinski definition) is 0. The van der Waals surface area contributed by atoms with Crippen LogP contribution in [0, 0.1) is 0 Å². The van der Waals surface area contributed by atoms with E-state index in [0.717, 1.165) is 0 Å². The fourth-order valence-corrected chi connectivity index (χ4v) is 0. The average molecular weight is 171 g/mol. The van der Waals surface area contributed by atoms with E-state index >= 15 is 0 Å². The van der Waals surface area contributed by atoms with E-state index in [4.69, 9.17) is 0 Å². The predicted molar refractivity (Wildman–Crippen MR) is 11.3 cm³/mol. The molecule has 0 fully saturated rings. The SMILES string of the molecule is C=C.[Ag+].[Cl-]. The molecule has 0 N–H and O–H groups in total. The van der Waals surface area contributed by atoms with Gasteiger partial charge in [0.05, 0.1) is 0 Å². The van der Waals surface area contributed by atoms with Crippen LogP contribution in [0.3, 0.4) is 0 Å². The van der Waals surface area contributed by atoms with E-state index in [1.807, 2.05) is 0 Å². The normalized spacial score (nSPS) is 1.00. The molecule has 0 aromatic heterocycles. The van der Waals surface area contributed by atoms with Gasteiger partial charge in [-0.2, -0.15) is 0 Å². The molecule has 0 radical (unpaired) electrons. The van der Waals surface area contributed by atoms with Crippen molar-refractivity contribution in [3.63, 3.8) is 0 Å². The van der Waals surface area contributed by atoms with Gasteiger partial charge in [0.25, 0.3) is 0 Å². The molecule has 0 aromatic carbocycles. The molecular weight excluding hydrogens is 167 g/mol. The molecule has 0 saturated heterocycles. The first-order valence-electron chi connectivity index (χ1n) is 0.500. The van der Waals surface area contributed by atoms with Gasteiger partial charge in [-0.1, -0.05) is 0 Å². The van der Waals surface area contributed by atoms with E-state index in [2.05, 4.69) is 13.2 Å². The van der Waals surface area contributed by atoms with E-state index in [1.54, 1.807) is 0 Å². The fourth-order valence-electron chi connectivity index (χ4n) is 0. The number of halogens is 1. The second-order valence-corrected chi connectivity index (χ2v) is 0. The van der Waals surface area contributed by atoms with Crippen molar-refractivity contribution in [2.75, 3.05) is 0 Å². The molecule has 0 aliphatic carbocycles. The van der Waals surface area contributed by atoms with Gasteiger partial charge in [-0.3, -0.25) is 0 Å².